The van der Waals surface area contributed by atoms with Crippen LogP contribution in [0.4, 0.5) is 4.39 Å². The summed E-state index contributed by atoms with van der Waals surface area (Å²) in [6.07, 6.45) is 3.85. The number of carbonyl (C=O) groups is 1. The zero-order valence-corrected chi connectivity index (χ0v) is 13.7. The van der Waals surface area contributed by atoms with Gasteiger partial charge >= 0.3 is 0 Å². The molecule has 1 aromatic heterocycles. The van der Waals surface area contributed by atoms with E-state index in [-0.39, 0.29) is 12.0 Å². The number of halogens is 1. The number of amides is 1. The monoisotopic (exact) mass is 328 g/mol. The number of likely N-dealkylation sites (tertiary alicyclic amines) is 1. The Hall–Kier alpha value is -2.43. The van der Waals surface area contributed by atoms with Gasteiger partial charge in [-0.25, -0.2) is 4.98 Å². The van der Waals surface area contributed by atoms with Crippen molar-refractivity contribution < 1.29 is 13.9 Å². The number of hydrogen-bond donors (Lipinski definition) is 0. The summed E-state index contributed by atoms with van der Waals surface area (Å²) in [5, 5.41) is 0. The lowest BCUT2D eigenvalue weighted by Crippen LogP contribution is -2.41. The maximum Gasteiger partial charge on any atom is 0.222 e. The van der Waals surface area contributed by atoms with Crippen molar-refractivity contribution in [2.45, 2.75) is 32.3 Å². The third kappa shape index (κ3) is 3.91. The van der Waals surface area contributed by atoms with Crippen LogP contribution in [0.5, 0.6) is 5.75 Å². The Morgan fingerprint density at radius 3 is 2.54 bits per heavy atom. The van der Waals surface area contributed by atoms with Crippen molar-refractivity contribution in [1.82, 2.24) is 9.88 Å². The van der Waals surface area contributed by atoms with Crippen LogP contribution in [0.1, 0.15) is 26.2 Å². The summed E-state index contributed by atoms with van der Waals surface area (Å²) in [6.45, 7) is 3.40. The number of aromatic nitrogens is 1. The molecule has 0 aliphatic carbocycles. The Morgan fingerprint density at radius 1 is 1.21 bits per heavy atom. The minimum atomic E-state index is -0.485. The zero-order valence-electron chi connectivity index (χ0n) is 13.7. The summed E-state index contributed by atoms with van der Waals surface area (Å²) in [7, 11) is 0. The molecule has 1 amide bonds. The molecule has 1 aromatic carbocycles. The van der Waals surface area contributed by atoms with Gasteiger partial charge in [0.15, 0.2) is 0 Å². The highest BCUT2D eigenvalue weighted by atomic mass is 19.1. The molecule has 24 heavy (non-hydrogen) atoms. The fourth-order valence-electron chi connectivity index (χ4n) is 2.95. The quantitative estimate of drug-likeness (QED) is 0.804. The molecule has 4 nitrogen and oxygen atoms in total. The third-order valence-corrected chi connectivity index (χ3v) is 4.31. The van der Waals surface area contributed by atoms with Gasteiger partial charge in [-0.2, -0.15) is 4.39 Å². The van der Waals surface area contributed by atoms with Gasteiger partial charge in [0, 0.05) is 44.6 Å². The number of benzene rings is 1. The first kappa shape index (κ1) is 16.4. The molecule has 3 rings (SSSR count). The molecule has 1 aliphatic rings. The van der Waals surface area contributed by atoms with E-state index in [2.05, 4.69) is 4.98 Å². The molecule has 1 aliphatic heterocycles. The van der Waals surface area contributed by atoms with Crippen LogP contribution in [0.15, 0.2) is 42.6 Å². The maximum absolute atomic E-state index is 13.2. The molecule has 0 unspecified atom stereocenters. The lowest BCUT2D eigenvalue weighted by atomic mass is 10.1. The second-order valence-electron chi connectivity index (χ2n) is 5.94. The molecule has 5 heteroatoms. The van der Waals surface area contributed by atoms with Crippen molar-refractivity contribution in [3.8, 4) is 16.9 Å². The zero-order chi connectivity index (χ0) is 16.9. The topological polar surface area (TPSA) is 42.4 Å². The van der Waals surface area contributed by atoms with Crippen LogP contribution in [0.25, 0.3) is 11.1 Å². The molecule has 0 bridgehead atoms. The molecule has 0 radical (unpaired) electrons. The predicted molar refractivity (Wildman–Crippen MR) is 90.2 cm³/mol. The van der Waals surface area contributed by atoms with Crippen LogP contribution in [-0.4, -0.2) is 35.0 Å². The van der Waals surface area contributed by atoms with E-state index in [1.165, 1.54) is 12.3 Å². The highest BCUT2D eigenvalue weighted by Gasteiger charge is 2.22. The van der Waals surface area contributed by atoms with Gasteiger partial charge in [0.2, 0.25) is 11.9 Å². The van der Waals surface area contributed by atoms with Crippen molar-refractivity contribution in [2.75, 3.05) is 13.1 Å². The summed E-state index contributed by atoms with van der Waals surface area (Å²) < 4.78 is 19.2. The number of ether oxygens (including phenoxy) is 1. The lowest BCUT2D eigenvalue weighted by Gasteiger charge is -2.32. The molecule has 1 saturated heterocycles. The number of pyridine rings is 1. The summed E-state index contributed by atoms with van der Waals surface area (Å²) in [4.78, 5) is 17.2. The highest BCUT2D eigenvalue weighted by Crippen LogP contribution is 2.24. The molecule has 126 valence electrons. The van der Waals surface area contributed by atoms with Crippen molar-refractivity contribution in [2.24, 2.45) is 0 Å². The van der Waals surface area contributed by atoms with Gasteiger partial charge in [-0.3, -0.25) is 4.79 Å². The minimum absolute atomic E-state index is 0.134. The van der Waals surface area contributed by atoms with E-state index >= 15 is 0 Å². The Balaban J connectivity index is 1.58. The first-order valence-electron chi connectivity index (χ1n) is 8.32. The van der Waals surface area contributed by atoms with E-state index in [9.17, 15) is 9.18 Å². The predicted octanol–water partition coefficient (Wildman–Crippen LogP) is 3.67. The third-order valence-electron chi connectivity index (χ3n) is 4.31. The second kappa shape index (κ2) is 7.43. The summed E-state index contributed by atoms with van der Waals surface area (Å²) in [5.41, 5.74) is 1.72. The Bertz CT molecular complexity index is 695. The lowest BCUT2D eigenvalue weighted by molar-refractivity contribution is -0.132. The van der Waals surface area contributed by atoms with E-state index in [0.717, 1.165) is 42.8 Å². The average molecular weight is 328 g/mol. The van der Waals surface area contributed by atoms with Gasteiger partial charge in [-0.05, 0) is 29.3 Å². The summed E-state index contributed by atoms with van der Waals surface area (Å²) >= 11 is 0. The van der Waals surface area contributed by atoms with Crippen molar-refractivity contribution in [1.29, 1.82) is 0 Å². The number of rotatable bonds is 4. The fourth-order valence-corrected chi connectivity index (χ4v) is 2.95. The van der Waals surface area contributed by atoms with Crippen LogP contribution < -0.4 is 4.74 Å². The molecule has 0 saturated carbocycles. The van der Waals surface area contributed by atoms with Gasteiger partial charge in [-0.1, -0.05) is 19.1 Å². The molecule has 1 fully saturated rings. The standard InChI is InChI=1S/C19H21FN2O2/c1-2-19(23)22-11-8-17(9-12-22)24-16-5-3-14(4-6-16)15-7-10-21-18(20)13-15/h3-7,10,13,17H,2,8-9,11-12H2,1H3. The number of nitrogens with zero attached hydrogens (tertiary/aromatic N) is 2. The van der Waals surface area contributed by atoms with Gasteiger partial charge in [0.05, 0.1) is 0 Å². The van der Waals surface area contributed by atoms with E-state index in [4.69, 9.17) is 4.74 Å². The van der Waals surface area contributed by atoms with Crippen LogP contribution in [-0.2, 0) is 4.79 Å². The molecule has 0 N–H and O–H groups in total. The number of piperidine rings is 1. The normalized spacial score (nSPS) is 15.3. The molecular weight excluding hydrogens is 307 g/mol. The Morgan fingerprint density at radius 2 is 1.92 bits per heavy atom. The fraction of sp³-hybridized carbons (Fsp3) is 0.368. The van der Waals surface area contributed by atoms with Gasteiger partial charge in [-0.15, -0.1) is 0 Å². The summed E-state index contributed by atoms with van der Waals surface area (Å²) in [6, 6.07) is 10.8. The van der Waals surface area contributed by atoms with Crippen LogP contribution in [0.2, 0.25) is 0 Å². The molecular formula is C19H21FN2O2. The van der Waals surface area contributed by atoms with Gasteiger partial charge < -0.3 is 9.64 Å². The van der Waals surface area contributed by atoms with Crippen LogP contribution in [0.3, 0.4) is 0 Å². The van der Waals surface area contributed by atoms with Gasteiger partial charge in [0.25, 0.3) is 0 Å². The van der Waals surface area contributed by atoms with Crippen molar-refractivity contribution in [3.05, 3.63) is 48.5 Å². The average Bonchev–Trinajstić information content (AvgIpc) is 2.62. The SMILES string of the molecule is CCC(=O)N1CCC(Oc2ccc(-c3ccnc(F)c3)cc2)CC1. The van der Waals surface area contributed by atoms with E-state index < -0.39 is 5.95 Å². The maximum atomic E-state index is 13.2. The number of hydrogen-bond acceptors (Lipinski definition) is 3. The van der Waals surface area contributed by atoms with E-state index in [1.807, 2.05) is 36.1 Å². The Labute approximate surface area is 141 Å². The first-order chi connectivity index (χ1) is 11.7. The van der Waals surface area contributed by atoms with E-state index in [1.54, 1.807) is 6.07 Å². The molecule has 2 aromatic rings. The highest BCUT2D eigenvalue weighted by molar-refractivity contribution is 5.75. The van der Waals surface area contributed by atoms with Crippen LogP contribution in [0, 0.1) is 5.95 Å². The van der Waals surface area contributed by atoms with E-state index in [0.29, 0.717) is 6.42 Å². The smallest absolute Gasteiger partial charge is 0.222 e. The number of carbonyl (C=O) groups excluding carboxylic acids is 1. The minimum Gasteiger partial charge on any atom is -0.490 e. The molecule has 0 spiro atoms. The summed E-state index contributed by atoms with van der Waals surface area (Å²) in [5.74, 6) is 0.525. The van der Waals surface area contributed by atoms with Crippen LogP contribution >= 0.6 is 0 Å². The van der Waals surface area contributed by atoms with Crippen molar-refractivity contribution in [3.63, 3.8) is 0 Å². The van der Waals surface area contributed by atoms with Crippen molar-refractivity contribution >= 4 is 5.91 Å². The first-order valence-corrected chi connectivity index (χ1v) is 8.32. The largest absolute Gasteiger partial charge is 0.490 e. The van der Waals surface area contributed by atoms with Gasteiger partial charge in [0.1, 0.15) is 11.9 Å². The molecule has 2 heterocycles. The second-order valence-corrected chi connectivity index (χ2v) is 5.94. The Kier molecular flexibility index (Phi) is 5.08. The molecule has 0 atom stereocenters.